The first-order chi connectivity index (χ1) is 8.04. The molecule has 1 rings (SSSR count). The molecule has 0 saturated carbocycles. The third-order valence-corrected chi connectivity index (χ3v) is 2.61. The molecule has 1 aromatic heterocycles. The van der Waals surface area contributed by atoms with Gasteiger partial charge in [0.25, 0.3) is 0 Å². The molecule has 1 aromatic rings. The number of carboxylic acids is 1. The highest BCUT2D eigenvalue weighted by Crippen LogP contribution is 2.23. The molecule has 5 heteroatoms. The zero-order valence-corrected chi connectivity index (χ0v) is 10.7. The monoisotopic (exact) mass is 257 g/mol. The number of nitrogens with zero attached hydrogens (tertiary/aromatic N) is 1. The minimum Gasteiger partial charge on any atom is -0.478 e. The zero-order valence-electron chi connectivity index (χ0n) is 9.94. The van der Waals surface area contributed by atoms with Crippen LogP contribution in [0.5, 0.6) is 5.88 Å². The number of hydrogen-bond acceptors (Lipinski definition) is 3. The van der Waals surface area contributed by atoms with Gasteiger partial charge in [0.1, 0.15) is 5.02 Å². The van der Waals surface area contributed by atoms with Crippen molar-refractivity contribution < 1.29 is 14.6 Å². The average molecular weight is 258 g/mol. The maximum Gasteiger partial charge on any atom is 0.337 e. The van der Waals surface area contributed by atoms with Crippen LogP contribution in [0.2, 0.25) is 5.02 Å². The van der Waals surface area contributed by atoms with Crippen LogP contribution in [0.25, 0.3) is 0 Å². The molecule has 0 spiro atoms. The van der Waals surface area contributed by atoms with Crippen molar-refractivity contribution in [3.05, 3.63) is 22.8 Å². The number of pyridine rings is 1. The first kappa shape index (κ1) is 13.8. The van der Waals surface area contributed by atoms with E-state index in [4.69, 9.17) is 21.4 Å². The van der Waals surface area contributed by atoms with E-state index in [1.165, 1.54) is 12.3 Å². The summed E-state index contributed by atoms with van der Waals surface area (Å²) in [6.07, 6.45) is 3.42. The van der Waals surface area contributed by atoms with E-state index in [0.29, 0.717) is 18.4 Å². The zero-order chi connectivity index (χ0) is 12.8. The van der Waals surface area contributed by atoms with Gasteiger partial charge in [0, 0.05) is 6.20 Å². The minimum atomic E-state index is -1.05. The molecule has 1 heterocycles. The SMILES string of the molecule is CCCC(C)COc1ncc(C(=O)O)cc1Cl. The van der Waals surface area contributed by atoms with E-state index in [1.807, 2.05) is 0 Å². The number of halogens is 1. The molecule has 0 amide bonds. The van der Waals surface area contributed by atoms with Gasteiger partial charge in [-0.15, -0.1) is 0 Å². The van der Waals surface area contributed by atoms with Gasteiger partial charge in [-0.3, -0.25) is 0 Å². The van der Waals surface area contributed by atoms with Gasteiger partial charge >= 0.3 is 5.97 Å². The van der Waals surface area contributed by atoms with Crippen LogP contribution in [-0.2, 0) is 0 Å². The predicted molar refractivity (Wildman–Crippen MR) is 65.8 cm³/mol. The number of aromatic carboxylic acids is 1. The lowest BCUT2D eigenvalue weighted by Crippen LogP contribution is -2.09. The molecule has 94 valence electrons. The van der Waals surface area contributed by atoms with E-state index in [2.05, 4.69) is 18.8 Å². The highest BCUT2D eigenvalue weighted by Gasteiger charge is 2.10. The Morgan fingerprint density at radius 2 is 2.35 bits per heavy atom. The van der Waals surface area contributed by atoms with Gasteiger partial charge in [-0.25, -0.2) is 9.78 Å². The second-order valence-corrected chi connectivity index (χ2v) is 4.43. The molecule has 0 aliphatic carbocycles. The molecule has 0 radical (unpaired) electrons. The fourth-order valence-corrected chi connectivity index (χ4v) is 1.67. The first-order valence-corrected chi connectivity index (χ1v) is 5.94. The van der Waals surface area contributed by atoms with Crippen molar-refractivity contribution in [3.63, 3.8) is 0 Å². The minimum absolute atomic E-state index is 0.0592. The summed E-state index contributed by atoms with van der Waals surface area (Å²) < 4.78 is 5.45. The van der Waals surface area contributed by atoms with Crippen molar-refractivity contribution >= 4 is 17.6 Å². The third kappa shape index (κ3) is 4.23. The molecule has 1 unspecified atom stereocenters. The van der Waals surface area contributed by atoms with E-state index in [0.717, 1.165) is 12.8 Å². The lowest BCUT2D eigenvalue weighted by Gasteiger charge is -2.12. The van der Waals surface area contributed by atoms with Crippen LogP contribution in [0, 0.1) is 5.92 Å². The number of carboxylic acid groups (broad SMARTS) is 1. The third-order valence-electron chi connectivity index (χ3n) is 2.34. The van der Waals surface area contributed by atoms with Crippen LogP contribution in [0.3, 0.4) is 0 Å². The molecular formula is C12H16ClNO3. The smallest absolute Gasteiger partial charge is 0.337 e. The Bertz CT molecular complexity index is 395. The fourth-order valence-electron chi connectivity index (χ4n) is 1.45. The van der Waals surface area contributed by atoms with Gasteiger partial charge in [0.15, 0.2) is 0 Å². The van der Waals surface area contributed by atoms with Crippen molar-refractivity contribution in [2.24, 2.45) is 5.92 Å². The summed E-state index contributed by atoms with van der Waals surface area (Å²) in [5.41, 5.74) is 0.0592. The van der Waals surface area contributed by atoms with Crippen molar-refractivity contribution in [1.29, 1.82) is 0 Å². The average Bonchev–Trinajstić information content (AvgIpc) is 2.27. The van der Waals surface area contributed by atoms with E-state index >= 15 is 0 Å². The van der Waals surface area contributed by atoms with Crippen molar-refractivity contribution in [1.82, 2.24) is 4.98 Å². The molecule has 1 atom stereocenters. The molecule has 4 nitrogen and oxygen atoms in total. The van der Waals surface area contributed by atoms with Crippen molar-refractivity contribution in [2.75, 3.05) is 6.61 Å². The summed E-state index contributed by atoms with van der Waals surface area (Å²) in [5, 5.41) is 8.98. The van der Waals surface area contributed by atoms with Crippen molar-refractivity contribution in [2.45, 2.75) is 26.7 Å². The Labute approximate surface area is 106 Å². The molecule has 0 aliphatic heterocycles. The quantitative estimate of drug-likeness (QED) is 0.850. The number of hydrogen-bond donors (Lipinski definition) is 1. The summed E-state index contributed by atoms with van der Waals surface area (Å²) in [4.78, 5) is 14.6. The predicted octanol–water partition coefficient (Wildman–Crippen LogP) is 3.25. The second-order valence-electron chi connectivity index (χ2n) is 4.02. The Hall–Kier alpha value is -1.29. The number of rotatable bonds is 6. The van der Waals surface area contributed by atoms with E-state index < -0.39 is 5.97 Å². The van der Waals surface area contributed by atoms with E-state index in [-0.39, 0.29) is 10.6 Å². The van der Waals surface area contributed by atoms with Gasteiger partial charge in [0.05, 0.1) is 12.2 Å². The maximum atomic E-state index is 10.7. The standard InChI is InChI=1S/C12H16ClNO3/c1-3-4-8(2)7-17-11-10(13)5-9(6-14-11)12(15)16/h5-6,8H,3-4,7H2,1-2H3,(H,15,16). The Morgan fingerprint density at radius 1 is 1.65 bits per heavy atom. The molecule has 0 aromatic carbocycles. The van der Waals surface area contributed by atoms with E-state index in [9.17, 15) is 4.79 Å². The normalized spacial score (nSPS) is 12.2. The molecular weight excluding hydrogens is 242 g/mol. The Balaban J connectivity index is 2.63. The van der Waals surface area contributed by atoms with Gasteiger partial charge < -0.3 is 9.84 Å². The topological polar surface area (TPSA) is 59.4 Å². The summed E-state index contributed by atoms with van der Waals surface area (Å²) in [6, 6.07) is 1.34. The lowest BCUT2D eigenvalue weighted by molar-refractivity contribution is 0.0696. The van der Waals surface area contributed by atoms with E-state index in [1.54, 1.807) is 0 Å². The number of carbonyl (C=O) groups is 1. The number of ether oxygens (including phenoxy) is 1. The van der Waals surface area contributed by atoms with Gasteiger partial charge in [0.2, 0.25) is 5.88 Å². The van der Waals surface area contributed by atoms with Crippen molar-refractivity contribution in [3.8, 4) is 5.88 Å². The summed E-state index contributed by atoms with van der Waals surface area (Å²) in [5.74, 6) is -0.332. The fraction of sp³-hybridized carbons (Fsp3) is 0.500. The summed E-state index contributed by atoms with van der Waals surface area (Å²) in [7, 11) is 0. The van der Waals surface area contributed by atoms with Crippen LogP contribution in [0.4, 0.5) is 0 Å². The molecule has 0 bridgehead atoms. The molecule has 0 aliphatic rings. The maximum absolute atomic E-state index is 10.7. The van der Waals surface area contributed by atoms with Crippen LogP contribution in [0.1, 0.15) is 37.0 Å². The second kappa shape index (κ2) is 6.45. The van der Waals surface area contributed by atoms with Gasteiger partial charge in [-0.1, -0.05) is 31.9 Å². The highest BCUT2D eigenvalue weighted by molar-refractivity contribution is 6.32. The molecule has 1 N–H and O–H groups in total. The van der Waals surface area contributed by atoms with Crippen LogP contribution in [0.15, 0.2) is 12.3 Å². The largest absolute Gasteiger partial charge is 0.478 e. The number of aromatic nitrogens is 1. The lowest BCUT2D eigenvalue weighted by atomic mass is 10.1. The van der Waals surface area contributed by atoms with Gasteiger partial charge in [-0.2, -0.15) is 0 Å². The summed E-state index contributed by atoms with van der Waals surface area (Å²) >= 11 is 5.88. The molecule has 0 saturated heterocycles. The molecule has 17 heavy (non-hydrogen) atoms. The summed E-state index contributed by atoms with van der Waals surface area (Å²) in [6.45, 7) is 4.74. The Morgan fingerprint density at radius 3 is 2.88 bits per heavy atom. The van der Waals surface area contributed by atoms with Crippen LogP contribution in [-0.4, -0.2) is 22.7 Å². The van der Waals surface area contributed by atoms with Gasteiger partial charge in [-0.05, 0) is 18.4 Å². The van der Waals surface area contributed by atoms with Crippen LogP contribution < -0.4 is 4.74 Å². The van der Waals surface area contributed by atoms with Crippen LogP contribution >= 0.6 is 11.6 Å². The molecule has 0 fully saturated rings. The first-order valence-electron chi connectivity index (χ1n) is 5.56. The Kier molecular flexibility index (Phi) is 5.22. The highest BCUT2D eigenvalue weighted by atomic mass is 35.5.